The third-order valence-corrected chi connectivity index (χ3v) is 9.53. The minimum atomic E-state index is -0.451. The van der Waals surface area contributed by atoms with Crippen LogP contribution in [0.25, 0.3) is 22.5 Å². The Labute approximate surface area is 249 Å². The zero-order chi connectivity index (χ0) is 29.4. The molecule has 1 saturated heterocycles. The minimum Gasteiger partial charge on any atom is -0.368 e. The van der Waals surface area contributed by atoms with E-state index in [0.717, 1.165) is 62.8 Å². The number of pyridine rings is 2. The van der Waals surface area contributed by atoms with Crippen LogP contribution >= 0.6 is 0 Å². The van der Waals surface area contributed by atoms with Gasteiger partial charge in [-0.2, -0.15) is 20.3 Å². The topological polar surface area (TPSA) is 152 Å². The van der Waals surface area contributed by atoms with E-state index in [4.69, 9.17) is 9.47 Å². The number of fused-ring (bicyclic) bond motifs is 3. The maximum absolute atomic E-state index is 9.55. The molecule has 2 bridgehead atoms. The molecule has 43 heavy (non-hydrogen) atoms. The first kappa shape index (κ1) is 27.4. The van der Waals surface area contributed by atoms with E-state index in [1.165, 1.54) is 25.5 Å². The van der Waals surface area contributed by atoms with Gasteiger partial charge in [0.1, 0.15) is 17.8 Å². The van der Waals surface area contributed by atoms with E-state index in [9.17, 15) is 10.5 Å². The quantitative estimate of drug-likeness (QED) is 0.295. The molecule has 2 saturated carbocycles. The van der Waals surface area contributed by atoms with Crippen molar-refractivity contribution in [3.63, 3.8) is 0 Å². The molecule has 0 radical (unpaired) electrons. The molecule has 4 aromatic rings. The van der Waals surface area contributed by atoms with E-state index in [0.29, 0.717) is 33.8 Å². The van der Waals surface area contributed by atoms with Crippen LogP contribution in [-0.4, -0.2) is 60.3 Å². The Hall–Kier alpha value is -4.39. The van der Waals surface area contributed by atoms with Crippen LogP contribution in [0.15, 0.2) is 36.9 Å². The van der Waals surface area contributed by atoms with Gasteiger partial charge in [-0.05, 0) is 76.2 Å². The number of hydrogen-bond acceptors (Lipinski definition) is 10. The Morgan fingerprint density at radius 2 is 2.02 bits per heavy atom. The number of anilines is 1. The molecule has 2 aliphatic carbocycles. The summed E-state index contributed by atoms with van der Waals surface area (Å²) in [4.78, 5) is 9.10. The average molecular weight is 579 g/mol. The van der Waals surface area contributed by atoms with Crippen molar-refractivity contribution in [1.82, 2.24) is 34.7 Å². The number of rotatable bonds is 9. The predicted molar refractivity (Wildman–Crippen MR) is 156 cm³/mol. The van der Waals surface area contributed by atoms with Crippen molar-refractivity contribution in [1.29, 1.82) is 10.5 Å². The van der Waals surface area contributed by atoms with E-state index in [-0.39, 0.29) is 11.7 Å². The molecule has 220 valence electrons. The summed E-state index contributed by atoms with van der Waals surface area (Å²) in [6.07, 6.45) is 16.9. The minimum absolute atomic E-state index is 0.0302. The molecule has 7 rings (SSSR count). The summed E-state index contributed by atoms with van der Waals surface area (Å²) in [6.45, 7) is 3.35. The number of nitriles is 2. The number of hydrogen-bond donors (Lipinski definition) is 1. The number of ether oxygens (including phenoxy) is 2. The largest absolute Gasteiger partial charge is 0.368 e. The average Bonchev–Trinajstić information content (AvgIpc) is 3.84. The van der Waals surface area contributed by atoms with Crippen molar-refractivity contribution < 1.29 is 9.47 Å². The zero-order valence-corrected chi connectivity index (χ0v) is 24.2. The van der Waals surface area contributed by atoms with Crippen LogP contribution in [0.5, 0.6) is 0 Å². The Morgan fingerprint density at radius 3 is 2.81 bits per heavy atom. The highest BCUT2D eigenvalue weighted by atomic mass is 16.7. The molecule has 0 spiro atoms. The van der Waals surface area contributed by atoms with Gasteiger partial charge < -0.3 is 14.8 Å². The van der Waals surface area contributed by atoms with Gasteiger partial charge in [0.2, 0.25) is 0 Å². The van der Waals surface area contributed by atoms with Crippen molar-refractivity contribution in [2.45, 2.75) is 82.5 Å². The Bertz CT molecular complexity index is 1720. The monoisotopic (exact) mass is 578 g/mol. The summed E-state index contributed by atoms with van der Waals surface area (Å²) in [7, 11) is 0. The molecule has 3 aliphatic rings. The maximum Gasteiger partial charge on any atom is 0.164 e. The van der Waals surface area contributed by atoms with Crippen molar-refractivity contribution in [2.24, 2.45) is 5.41 Å². The Balaban J connectivity index is 1.12. The van der Waals surface area contributed by atoms with Gasteiger partial charge in [0, 0.05) is 29.7 Å². The Kier molecular flexibility index (Phi) is 7.04. The van der Waals surface area contributed by atoms with Gasteiger partial charge in [0.05, 0.1) is 48.2 Å². The lowest BCUT2D eigenvalue weighted by atomic mass is 9.79. The van der Waals surface area contributed by atoms with Gasteiger partial charge in [-0.25, -0.2) is 14.6 Å². The number of aromatic nitrogens is 7. The second kappa shape index (κ2) is 11.0. The van der Waals surface area contributed by atoms with E-state index >= 15 is 0 Å². The molecule has 3 fully saturated rings. The fourth-order valence-corrected chi connectivity index (χ4v) is 7.16. The lowest BCUT2D eigenvalue weighted by Crippen LogP contribution is -2.25. The van der Waals surface area contributed by atoms with Crippen LogP contribution in [0, 0.1) is 28.1 Å². The number of nitrogens with zero attached hydrogens (tertiary/aromatic N) is 9. The first-order chi connectivity index (χ1) is 21.0. The van der Waals surface area contributed by atoms with Gasteiger partial charge in [-0.1, -0.05) is 5.21 Å². The summed E-state index contributed by atoms with van der Waals surface area (Å²) >= 11 is 0. The molecule has 0 amide bonds. The lowest BCUT2D eigenvalue weighted by Gasteiger charge is -2.28. The van der Waals surface area contributed by atoms with Gasteiger partial charge in [0.15, 0.2) is 17.8 Å². The highest BCUT2D eigenvalue weighted by Gasteiger charge is 2.55. The van der Waals surface area contributed by atoms with Gasteiger partial charge in [0.25, 0.3) is 0 Å². The summed E-state index contributed by atoms with van der Waals surface area (Å²) < 4.78 is 15.2. The van der Waals surface area contributed by atoms with E-state index in [1.54, 1.807) is 34.7 Å². The molecule has 5 heterocycles. The SMILES string of the molecule is CC(C#N)Nc1cc(-n2ncc3cc(C#N)cnc32)ncc1-n1cc(C23CCC(CCOC4CCCCO4)(CC2)C3)nn1. The second-order valence-corrected chi connectivity index (χ2v) is 12.3. The highest BCUT2D eigenvalue weighted by molar-refractivity contribution is 5.77. The summed E-state index contributed by atoms with van der Waals surface area (Å²) in [5, 5.41) is 36.5. The molecule has 2 atom stereocenters. The van der Waals surface area contributed by atoms with Crippen molar-refractivity contribution in [3.8, 4) is 23.6 Å². The third-order valence-electron chi connectivity index (χ3n) is 9.53. The van der Waals surface area contributed by atoms with Crippen LogP contribution in [0.4, 0.5) is 5.69 Å². The molecule has 2 unspecified atom stereocenters. The number of nitrogens with one attached hydrogen (secondary N) is 1. The lowest BCUT2D eigenvalue weighted by molar-refractivity contribution is -0.166. The maximum atomic E-state index is 9.55. The summed E-state index contributed by atoms with van der Waals surface area (Å²) in [5.41, 5.74) is 3.77. The smallest absolute Gasteiger partial charge is 0.164 e. The predicted octanol–water partition coefficient (Wildman–Crippen LogP) is 4.73. The van der Waals surface area contributed by atoms with Crippen molar-refractivity contribution in [2.75, 3.05) is 18.5 Å². The fourth-order valence-electron chi connectivity index (χ4n) is 7.16. The van der Waals surface area contributed by atoms with Crippen LogP contribution in [0.2, 0.25) is 0 Å². The molecule has 1 aliphatic heterocycles. The van der Waals surface area contributed by atoms with Gasteiger partial charge >= 0.3 is 0 Å². The van der Waals surface area contributed by atoms with E-state index in [2.05, 4.69) is 42.8 Å². The molecule has 4 aromatic heterocycles. The molecule has 12 nitrogen and oxygen atoms in total. The van der Waals surface area contributed by atoms with Crippen LogP contribution in [-0.2, 0) is 14.9 Å². The summed E-state index contributed by atoms with van der Waals surface area (Å²) in [6, 6.07) is 7.47. The molecular weight excluding hydrogens is 544 g/mol. The van der Waals surface area contributed by atoms with E-state index < -0.39 is 6.04 Å². The van der Waals surface area contributed by atoms with Crippen molar-refractivity contribution in [3.05, 3.63) is 48.2 Å². The second-order valence-electron chi connectivity index (χ2n) is 12.3. The molecular formula is C31H34N10O2. The van der Waals surface area contributed by atoms with Crippen LogP contribution in [0.3, 0.4) is 0 Å². The third kappa shape index (κ3) is 5.11. The molecule has 0 aromatic carbocycles. The van der Waals surface area contributed by atoms with Crippen molar-refractivity contribution >= 4 is 16.7 Å². The zero-order valence-electron chi connectivity index (χ0n) is 24.2. The fraction of sp³-hybridized carbons (Fsp3) is 0.516. The van der Waals surface area contributed by atoms with Gasteiger partial charge in [-0.15, -0.1) is 5.10 Å². The van der Waals surface area contributed by atoms with E-state index in [1.807, 2.05) is 12.3 Å². The first-order valence-electron chi connectivity index (χ1n) is 15.1. The highest BCUT2D eigenvalue weighted by Crippen LogP contribution is 2.63. The van der Waals surface area contributed by atoms with Gasteiger partial charge in [-0.3, -0.25) is 0 Å². The van der Waals surface area contributed by atoms with Crippen LogP contribution < -0.4 is 5.32 Å². The molecule has 12 heteroatoms. The standard InChI is InChI=1S/C31H34N10O2/c1-21(14-32)37-24-13-27(41-29-23(17-36-41)12-22(15-33)16-35-29)34-18-25(24)40-19-26(38-39-40)31-7-5-30(20-31,6-8-31)9-11-43-28-4-2-3-10-42-28/h12-13,16-19,21,28H,2-11,20H2,1H3,(H,34,37). The first-order valence-corrected chi connectivity index (χ1v) is 15.1. The normalized spacial score (nSPS) is 25.4. The Morgan fingerprint density at radius 1 is 1.14 bits per heavy atom. The molecule has 1 N–H and O–H groups in total. The summed E-state index contributed by atoms with van der Waals surface area (Å²) in [5.74, 6) is 0.528. The van der Waals surface area contributed by atoms with Crippen LogP contribution in [0.1, 0.15) is 76.0 Å².